The van der Waals surface area contributed by atoms with E-state index in [1.54, 1.807) is 42.5 Å². The van der Waals surface area contributed by atoms with Crippen molar-refractivity contribution in [1.29, 1.82) is 0 Å². The van der Waals surface area contributed by atoms with E-state index in [2.05, 4.69) is 20.7 Å². The normalized spacial score (nSPS) is 11.2. The Balaban J connectivity index is 1.87. The first-order valence-corrected chi connectivity index (χ1v) is 8.39. The first kappa shape index (κ1) is 15.8. The molecule has 0 bridgehead atoms. The number of anilines is 1. The molecule has 3 aromatic rings. The predicted octanol–water partition coefficient (Wildman–Crippen LogP) is 1.37. The molecule has 9 heteroatoms. The van der Waals surface area contributed by atoms with Gasteiger partial charge in [-0.05, 0) is 23.8 Å². The Bertz CT molecular complexity index is 967. The van der Waals surface area contributed by atoms with Gasteiger partial charge >= 0.3 is 0 Å². The molecule has 24 heavy (non-hydrogen) atoms. The lowest BCUT2D eigenvalue weighted by atomic mass is 10.1. The molecule has 0 aliphatic rings. The van der Waals surface area contributed by atoms with Crippen molar-refractivity contribution in [2.24, 2.45) is 5.14 Å². The van der Waals surface area contributed by atoms with Crippen molar-refractivity contribution in [2.75, 3.05) is 5.32 Å². The highest BCUT2D eigenvalue weighted by Gasteiger charge is 2.14. The number of nitrogens with two attached hydrogens (primary N) is 1. The fourth-order valence-corrected chi connectivity index (χ4v) is 2.95. The lowest BCUT2D eigenvalue weighted by Crippen LogP contribution is -2.13. The number of rotatable bonds is 4. The summed E-state index contributed by atoms with van der Waals surface area (Å²) in [5.41, 5.74) is 1.87. The molecule has 0 radical (unpaired) electrons. The number of aromatic nitrogens is 3. The molecular formula is C15H13N5O3S. The molecule has 0 unspecified atom stereocenters. The number of hydrogen-bond donors (Lipinski definition) is 3. The van der Waals surface area contributed by atoms with Crippen LogP contribution in [-0.2, 0) is 10.0 Å². The molecule has 122 valence electrons. The minimum atomic E-state index is -3.83. The number of nitrogens with zero attached hydrogens (tertiary/aromatic N) is 2. The molecular weight excluding hydrogens is 330 g/mol. The zero-order valence-corrected chi connectivity index (χ0v) is 13.1. The van der Waals surface area contributed by atoms with Crippen molar-refractivity contribution in [2.45, 2.75) is 4.90 Å². The molecule has 1 amide bonds. The number of aromatic amines is 1. The predicted molar refractivity (Wildman–Crippen MR) is 87.6 cm³/mol. The number of H-pyrrole nitrogens is 1. The minimum Gasteiger partial charge on any atom is -0.321 e. The second-order valence-corrected chi connectivity index (χ2v) is 6.46. The average Bonchev–Trinajstić information content (AvgIpc) is 3.09. The Labute approximate surface area is 137 Å². The maximum atomic E-state index is 11.9. The van der Waals surface area contributed by atoms with Crippen LogP contribution in [0, 0.1) is 0 Å². The fraction of sp³-hybridized carbons (Fsp3) is 0. The number of carbonyl (C=O) groups is 1. The molecule has 0 aliphatic heterocycles. The summed E-state index contributed by atoms with van der Waals surface area (Å²) in [4.78, 5) is 11.9. The Kier molecular flexibility index (Phi) is 4.11. The van der Waals surface area contributed by atoms with Crippen molar-refractivity contribution in [3.8, 4) is 11.1 Å². The summed E-state index contributed by atoms with van der Waals surface area (Å²) >= 11 is 0. The van der Waals surface area contributed by atoms with Crippen molar-refractivity contribution in [1.82, 2.24) is 15.4 Å². The van der Waals surface area contributed by atoms with E-state index in [0.717, 1.165) is 0 Å². The van der Waals surface area contributed by atoms with E-state index in [1.165, 1.54) is 12.3 Å². The quantitative estimate of drug-likeness (QED) is 0.658. The van der Waals surface area contributed by atoms with Gasteiger partial charge in [-0.3, -0.25) is 4.79 Å². The highest BCUT2D eigenvalue weighted by atomic mass is 32.2. The number of sulfonamides is 1. The molecule has 1 aromatic heterocycles. The Morgan fingerprint density at radius 2 is 1.79 bits per heavy atom. The Morgan fingerprint density at radius 1 is 1.08 bits per heavy atom. The van der Waals surface area contributed by atoms with Crippen LogP contribution in [0.25, 0.3) is 11.1 Å². The molecule has 0 aliphatic carbocycles. The van der Waals surface area contributed by atoms with E-state index in [9.17, 15) is 13.2 Å². The van der Waals surface area contributed by atoms with Gasteiger partial charge < -0.3 is 5.32 Å². The van der Waals surface area contributed by atoms with Crippen LogP contribution in [0.1, 0.15) is 10.5 Å². The number of nitrogens with one attached hydrogen (secondary N) is 2. The summed E-state index contributed by atoms with van der Waals surface area (Å²) in [7, 11) is -3.83. The second kappa shape index (κ2) is 6.22. The molecule has 1 heterocycles. The van der Waals surface area contributed by atoms with Crippen LogP contribution in [0.3, 0.4) is 0 Å². The highest BCUT2D eigenvalue weighted by Crippen LogP contribution is 2.27. The maximum absolute atomic E-state index is 11.9. The summed E-state index contributed by atoms with van der Waals surface area (Å²) in [5, 5.41) is 17.5. The second-order valence-electron chi connectivity index (χ2n) is 4.93. The van der Waals surface area contributed by atoms with Crippen molar-refractivity contribution >= 4 is 21.6 Å². The topological polar surface area (TPSA) is 131 Å². The van der Waals surface area contributed by atoms with Gasteiger partial charge in [-0.15, -0.1) is 0 Å². The summed E-state index contributed by atoms with van der Waals surface area (Å²) in [6.07, 6.45) is 1.31. The standard InChI is InChI=1S/C15H13N5O3S/c16-24(22,23)14-4-2-1-3-12(14)10-5-7-11(8-6-10)18-15(21)13-9-17-20-19-13/h1-9H,(H,18,21)(H2,16,22,23)(H,17,19,20). The molecule has 0 fully saturated rings. The smallest absolute Gasteiger partial charge is 0.277 e. The largest absolute Gasteiger partial charge is 0.321 e. The lowest BCUT2D eigenvalue weighted by molar-refractivity contribution is 0.102. The van der Waals surface area contributed by atoms with Crippen molar-refractivity contribution in [3.63, 3.8) is 0 Å². The van der Waals surface area contributed by atoms with Gasteiger partial charge in [0.1, 0.15) is 0 Å². The van der Waals surface area contributed by atoms with Crippen LogP contribution in [0.4, 0.5) is 5.69 Å². The average molecular weight is 343 g/mol. The van der Waals surface area contributed by atoms with Gasteiger partial charge in [0.15, 0.2) is 5.69 Å². The Morgan fingerprint density at radius 3 is 2.42 bits per heavy atom. The molecule has 4 N–H and O–H groups in total. The molecule has 0 spiro atoms. The third-order valence-corrected chi connectivity index (χ3v) is 4.26. The Hall–Kier alpha value is -3.04. The zero-order chi connectivity index (χ0) is 17.2. The lowest BCUT2D eigenvalue weighted by Gasteiger charge is -2.09. The molecule has 0 saturated carbocycles. The number of amides is 1. The third-order valence-electron chi connectivity index (χ3n) is 3.30. The maximum Gasteiger partial charge on any atom is 0.277 e. The zero-order valence-electron chi connectivity index (χ0n) is 12.3. The first-order chi connectivity index (χ1) is 11.4. The molecule has 0 atom stereocenters. The summed E-state index contributed by atoms with van der Waals surface area (Å²) in [5.74, 6) is -0.401. The minimum absolute atomic E-state index is 0.0457. The van der Waals surface area contributed by atoms with Crippen molar-refractivity contribution < 1.29 is 13.2 Å². The molecule has 3 rings (SSSR count). The van der Waals surface area contributed by atoms with Crippen LogP contribution in [0.5, 0.6) is 0 Å². The van der Waals surface area contributed by atoms with Crippen LogP contribution >= 0.6 is 0 Å². The van der Waals surface area contributed by atoms with E-state index in [1.807, 2.05) is 0 Å². The summed E-state index contributed by atoms with van der Waals surface area (Å²) < 4.78 is 23.4. The fourth-order valence-electron chi connectivity index (χ4n) is 2.19. The third kappa shape index (κ3) is 3.31. The van der Waals surface area contributed by atoms with Gasteiger partial charge in [0.05, 0.1) is 11.1 Å². The van der Waals surface area contributed by atoms with Gasteiger partial charge in [-0.1, -0.05) is 30.3 Å². The molecule has 8 nitrogen and oxygen atoms in total. The van der Waals surface area contributed by atoms with Crippen LogP contribution < -0.4 is 10.5 Å². The number of hydrogen-bond acceptors (Lipinski definition) is 5. The number of carbonyl (C=O) groups excluding carboxylic acids is 1. The van der Waals surface area contributed by atoms with Crippen LogP contribution in [0.2, 0.25) is 0 Å². The first-order valence-electron chi connectivity index (χ1n) is 6.84. The summed E-state index contributed by atoms with van der Waals surface area (Å²) in [6, 6.07) is 13.2. The SMILES string of the molecule is NS(=O)(=O)c1ccccc1-c1ccc(NC(=O)c2cn[nH]n2)cc1. The van der Waals surface area contributed by atoms with E-state index in [-0.39, 0.29) is 10.6 Å². The van der Waals surface area contributed by atoms with Gasteiger partial charge in [0.2, 0.25) is 10.0 Å². The summed E-state index contributed by atoms with van der Waals surface area (Å²) in [6.45, 7) is 0. The van der Waals surface area contributed by atoms with E-state index in [0.29, 0.717) is 16.8 Å². The van der Waals surface area contributed by atoms with Gasteiger partial charge in [0.25, 0.3) is 5.91 Å². The van der Waals surface area contributed by atoms with Gasteiger partial charge in [-0.2, -0.15) is 15.4 Å². The monoisotopic (exact) mass is 343 g/mol. The van der Waals surface area contributed by atoms with Gasteiger partial charge in [-0.25, -0.2) is 13.6 Å². The van der Waals surface area contributed by atoms with E-state index in [4.69, 9.17) is 5.14 Å². The number of primary sulfonamides is 1. The van der Waals surface area contributed by atoms with Gasteiger partial charge in [0, 0.05) is 11.3 Å². The van der Waals surface area contributed by atoms with E-state index < -0.39 is 15.9 Å². The van der Waals surface area contributed by atoms with Crippen LogP contribution in [-0.4, -0.2) is 29.7 Å². The molecule has 0 saturated heterocycles. The molecule has 2 aromatic carbocycles. The number of benzene rings is 2. The van der Waals surface area contributed by atoms with Crippen molar-refractivity contribution in [3.05, 3.63) is 60.4 Å². The highest BCUT2D eigenvalue weighted by molar-refractivity contribution is 7.89. The van der Waals surface area contributed by atoms with Crippen LogP contribution in [0.15, 0.2) is 59.6 Å². The van der Waals surface area contributed by atoms with E-state index >= 15 is 0 Å².